The van der Waals surface area contributed by atoms with E-state index in [0.29, 0.717) is 18.0 Å². The van der Waals surface area contributed by atoms with Gasteiger partial charge in [0.15, 0.2) is 0 Å². The Bertz CT molecular complexity index is 627. The molecule has 0 saturated heterocycles. The predicted octanol–water partition coefficient (Wildman–Crippen LogP) is 3.31. The van der Waals surface area contributed by atoms with Gasteiger partial charge in [-0.05, 0) is 29.8 Å². The van der Waals surface area contributed by atoms with Gasteiger partial charge in [-0.25, -0.2) is 4.79 Å². The molecule has 0 aliphatic rings. The highest BCUT2D eigenvalue weighted by atomic mass is 35.5. The Balaban J connectivity index is 1.90. The lowest BCUT2D eigenvalue weighted by atomic mass is 10.2. The first-order valence-electron chi connectivity index (χ1n) is 6.14. The molecule has 0 aromatic heterocycles. The molecule has 0 radical (unpaired) electrons. The van der Waals surface area contributed by atoms with Gasteiger partial charge in [-0.2, -0.15) is 5.10 Å². The molecule has 0 aliphatic heterocycles. The molecule has 0 aliphatic carbocycles. The van der Waals surface area contributed by atoms with Crippen molar-refractivity contribution < 1.29 is 14.6 Å². The van der Waals surface area contributed by atoms with Crippen LogP contribution in [0.25, 0.3) is 0 Å². The van der Waals surface area contributed by atoms with E-state index >= 15 is 0 Å². The Kier molecular flexibility index (Phi) is 5.17. The number of hydrogen-bond donors (Lipinski definition) is 2. The van der Waals surface area contributed by atoms with Crippen molar-refractivity contribution in [3.05, 3.63) is 60.2 Å². The number of carboxylic acids is 1. The largest absolute Gasteiger partial charge is 0.489 e. The van der Waals surface area contributed by atoms with E-state index in [4.69, 9.17) is 21.4 Å². The molecule has 0 heterocycles. The summed E-state index contributed by atoms with van der Waals surface area (Å²) in [5.74, 6) is -0.579. The summed E-state index contributed by atoms with van der Waals surface area (Å²) in [7, 11) is 0. The average Bonchev–Trinajstić information content (AvgIpc) is 2.52. The van der Waals surface area contributed by atoms with Crippen LogP contribution in [-0.4, -0.2) is 16.2 Å². The second kappa shape index (κ2) is 7.31. The Labute approximate surface area is 126 Å². The molecule has 21 heavy (non-hydrogen) atoms. The number of nitrogens with one attached hydrogen (secondary N) is 1. The van der Waals surface area contributed by atoms with Gasteiger partial charge in [0.05, 0.1) is 5.69 Å². The van der Waals surface area contributed by atoms with Crippen LogP contribution in [-0.2, 0) is 11.4 Å². The molecule has 2 aromatic carbocycles. The fraction of sp³-hybridized carbons (Fsp3) is 0.0667. The van der Waals surface area contributed by atoms with Gasteiger partial charge in [0.1, 0.15) is 12.4 Å². The van der Waals surface area contributed by atoms with Gasteiger partial charge in [-0.15, -0.1) is 0 Å². The maximum absolute atomic E-state index is 10.5. The number of aliphatic carboxylic acids is 1. The summed E-state index contributed by atoms with van der Waals surface area (Å²) in [5, 5.41) is 11.5. The van der Waals surface area contributed by atoms with Crippen LogP contribution < -0.4 is 10.2 Å². The number of carbonyl (C=O) groups is 1. The predicted molar refractivity (Wildman–Crippen MR) is 81.8 cm³/mol. The van der Waals surface area contributed by atoms with E-state index in [1.807, 2.05) is 30.3 Å². The Hall–Kier alpha value is -2.53. The van der Waals surface area contributed by atoms with Crippen LogP contribution in [0.15, 0.2) is 59.7 Å². The van der Waals surface area contributed by atoms with Crippen LogP contribution in [0.3, 0.4) is 0 Å². The number of ether oxygens (including phenoxy) is 1. The van der Waals surface area contributed by atoms with Gasteiger partial charge >= 0.3 is 5.97 Å². The molecule has 0 saturated carbocycles. The number of nitrogens with zero attached hydrogens (tertiary/aromatic N) is 1. The molecular formula is C15H13ClN2O3. The zero-order valence-electron chi connectivity index (χ0n) is 11.0. The highest BCUT2D eigenvalue weighted by molar-refractivity contribution is 6.81. The summed E-state index contributed by atoms with van der Waals surface area (Å²) >= 11 is 5.38. The maximum atomic E-state index is 10.5. The van der Waals surface area contributed by atoms with E-state index in [1.54, 1.807) is 24.3 Å². The van der Waals surface area contributed by atoms with Gasteiger partial charge in [0.25, 0.3) is 0 Å². The van der Waals surface area contributed by atoms with E-state index in [9.17, 15) is 4.79 Å². The molecule has 108 valence electrons. The lowest BCUT2D eigenvalue weighted by Gasteiger charge is -2.07. The highest BCUT2D eigenvalue weighted by Crippen LogP contribution is 2.17. The lowest BCUT2D eigenvalue weighted by molar-refractivity contribution is -0.129. The van der Waals surface area contributed by atoms with Crippen molar-refractivity contribution in [2.45, 2.75) is 6.61 Å². The van der Waals surface area contributed by atoms with Crippen LogP contribution in [0.5, 0.6) is 5.75 Å². The van der Waals surface area contributed by atoms with Gasteiger partial charge < -0.3 is 9.84 Å². The van der Waals surface area contributed by atoms with E-state index < -0.39 is 11.1 Å². The van der Waals surface area contributed by atoms with Gasteiger partial charge in [-0.3, -0.25) is 5.43 Å². The summed E-state index contributed by atoms with van der Waals surface area (Å²) in [4.78, 5) is 10.5. The number of halogens is 1. The third kappa shape index (κ3) is 4.81. The van der Waals surface area contributed by atoms with Gasteiger partial charge in [-0.1, -0.05) is 41.9 Å². The quantitative estimate of drug-likeness (QED) is 0.634. The first-order valence-corrected chi connectivity index (χ1v) is 6.52. The SMILES string of the molecule is O=C(O)C(Cl)=NNc1ccc(OCc2ccccc2)cc1. The molecule has 5 nitrogen and oxygen atoms in total. The summed E-state index contributed by atoms with van der Waals surface area (Å²) in [6.07, 6.45) is 0. The third-order valence-electron chi connectivity index (χ3n) is 2.56. The second-order valence-corrected chi connectivity index (χ2v) is 4.48. The van der Waals surface area contributed by atoms with Gasteiger partial charge in [0.2, 0.25) is 5.17 Å². The molecule has 0 amide bonds. The van der Waals surface area contributed by atoms with Crippen LogP contribution >= 0.6 is 11.6 Å². The monoisotopic (exact) mass is 304 g/mol. The molecule has 0 spiro atoms. The molecule has 0 bridgehead atoms. The second-order valence-electron chi connectivity index (χ2n) is 4.12. The number of hydrazone groups is 1. The number of hydrogen-bond acceptors (Lipinski definition) is 4. The standard InChI is InChI=1S/C15H13ClN2O3/c16-14(15(19)20)18-17-12-6-8-13(9-7-12)21-10-11-4-2-1-3-5-11/h1-9,17H,10H2,(H,19,20). The van der Waals surface area contributed by atoms with E-state index in [0.717, 1.165) is 5.56 Å². The molecule has 0 fully saturated rings. The third-order valence-corrected chi connectivity index (χ3v) is 2.81. The van der Waals surface area contributed by atoms with Gasteiger partial charge in [0, 0.05) is 0 Å². The van der Waals surface area contributed by atoms with Crippen molar-refractivity contribution >= 4 is 28.4 Å². The van der Waals surface area contributed by atoms with Crippen molar-refractivity contribution in [1.82, 2.24) is 0 Å². The topological polar surface area (TPSA) is 70.9 Å². The minimum absolute atomic E-state index is 0.483. The van der Waals surface area contributed by atoms with Crippen molar-refractivity contribution in [3.63, 3.8) is 0 Å². The van der Waals surface area contributed by atoms with E-state index in [1.165, 1.54) is 0 Å². The summed E-state index contributed by atoms with van der Waals surface area (Å²) in [5.41, 5.74) is 4.24. The van der Waals surface area contributed by atoms with Crippen LogP contribution in [0, 0.1) is 0 Å². The fourth-order valence-electron chi connectivity index (χ4n) is 1.53. The number of carboxylic acid groups (broad SMARTS) is 1. The van der Waals surface area contributed by atoms with Crippen molar-refractivity contribution in [3.8, 4) is 5.75 Å². The van der Waals surface area contributed by atoms with Crippen LogP contribution in [0.2, 0.25) is 0 Å². The zero-order chi connectivity index (χ0) is 15.1. The molecule has 2 rings (SSSR count). The van der Waals surface area contributed by atoms with Crippen molar-refractivity contribution in [2.75, 3.05) is 5.43 Å². The van der Waals surface area contributed by atoms with Crippen molar-refractivity contribution in [1.29, 1.82) is 0 Å². The Morgan fingerprint density at radius 3 is 2.43 bits per heavy atom. The summed E-state index contributed by atoms with van der Waals surface area (Å²) < 4.78 is 5.63. The first-order chi connectivity index (χ1) is 10.1. The molecule has 0 atom stereocenters. The minimum atomic E-state index is -1.29. The van der Waals surface area contributed by atoms with E-state index in [2.05, 4.69) is 10.5 Å². The lowest BCUT2D eigenvalue weighted by Crippen LogP contribution is -2.07. The molecule has 2 N–H and O–H groups in total. The number of rotatable bonds is 6. The smallest absolute Gasteiger partial charge is 0.368 e. The summed E-state index contributed by atoms with van der Waals surface area (Å²) in [6.45, 7) is 0.483. The molecule has 6 heteroatoms. The number of anilines is 1. The highest BCUT2D eigenvalue weighted by Gasteiger charge is 2.04. The average molecular weight is 305 g/mol. The maximum Gasteiger partial charge on any atom is 0.368 e. The minimum Gasteiger partial charge on any atom is -0.489 e. The Morgan fingerprint density at radius 2 is 1.81 bits per heavy atom. The molecular weight excluding hydrogens is 292 g/mol. The molecule has 0 unspecified atom stereocenters. The van der Waals surface area contributed by atoms with E-state index in [-0.39, 0.29) is 0 Å². The normalized spacial score (nSPS) is 11.0. The fourth-order valence-corrected chi connectivity index (χ4v) is 1.57. The van der Waals surface area contributed by atoms with Crippen molar-refractivity contribution in [2.24, 2.45) is 5.10 Å². The summed E-state index contributed by atoms with van der Waals surface area (Å²) in [6, 6.07) is 16.8. The first kappa shape index (κ1) is 14.9. The van der Waals surface area contributed by atoms with Crippen LogP contribution in [0.4, 0.5) is 5.69 Å². The van der Waals surface area contributed by atoms with Crippen LogP contribution in [0.1, 0.15) is 5.56 Å². The Morgan fingerprint density at radius 1 is 1.14 bits per heavy atom. The molecule has 2 aromatic rings. The zero-order valence-corrected chi connectivity index (χ0v) is 11.7. The number of benzene rings is 2.